The summed E-state index contributed by atoms with van der Waals surface area (Å²) in [7, 11) is -4.14. The molecule has 1 atom stereocenters. The second kappa shape index (κ2) is 6.05. The minimum Gasteiger partial charge on any atom is -0.628 e. The molecule has 0 spiro atoms. The molecule has 0 aromatic rings. The van der Waals surface area contributed by atoms with Crippen LogP contribution in [0.5, 0.6) is 0 Å². The van der Waals surface area contributed by atoms with Crippen LogP contribution in [-0.2, 0) is 4.57 Å². The van der Waals surface area contributed by atoms with Gasteiger partial charge in [-0.2, -0.15) is 26.3 Å². The van der Waals surface area contributed by atoms with Gasteiger partial charge in [-0.3, -0.25) is 4.57 Å². The largest absolute Gasteiger partial charge is 0.628 e. The Labute approximate surface area is 134 Å². The summed E-state index contributed by atoms with van der Waals surface area (Å²) in [4.78, 5) is 12.5. The van der Waals surface area contributed by atoms with Gasteiger partial charge in [0.05, 0.1) is 10.3 Å². The molecular weight excluding hydrogens is 439 g/mol. The Morgan fingerprint density at radius 2 is 1.05 bits per heavy atom. The summed E-state index contributed by atoms with van der Waals surface area (Å²) in [5.41, 5.74) is 0. The predicted octanol–water partition coefficient (Wildman–Crippen LogP) is 6.90. The molecule has 0 radical (unpaired) electrons. The van der Waals surface area contributed by atoms with Crippen molar-refractivity contribution in [3.8, 4) is 0 Å². The van der Waals surface area contributed by atoms with Gasteiger partial charge in [0.2, 0.25) is 0 Å². The minimum atomic E-state index is -6.18. The molecule has 0 bridgehead atoms. The summed E-state index contributed by atoms with van der Waals surface area (Å²) in [6.45, 7) is 3.06. The van der Waals surface area contributed by atoms with Crippen molar-refractivity contribution in [2.45, 2.75) is 63.7 Å². The molecule has 0 saturated heterocycles. The maximum absolute atomic E-state index is 13.2. The molecule has 22 heavy (non-hydrogen) atoms. The summed E-state index contributed by atoms with van der Waals surface area (Å²) in [5, 5.41) is -9.14. The van der Waals surface area contributed by atoms with E-state index in [4.69, 9.17) is 0 Å². The van der Waals surface area contributed by atoms with Gasteiger partial charge >= 0.3 is 17.1 Å². The van der Waals surface area contributed by atoms with Crippen LogP contribution >= 0.6 is 34.7 Å². The SMILES string of the molecule is CC(C)(C)P(=O)([P+]([O-])=P(Br)(C(F)(F)F)C(F)(F)F)C(C)(C)C. The highest BCUT2D eigenvalue weighted by molar-refractivity contribution is 9.44. The highest BCUT2D eigenvalue weighted by Crippen LogP contribution is 2.96. The molecule has 12 heteroatoms. The highest BCUT2D eigenvalue weighted by Gasteiger charge is 2.73. The van der Waals surface area contributed by atoms with E-state index in [1.807, 2.05) is 0 Å². The Hall–Kier alpha value is 0.980. The van der Waals surface area contributed by atoms with Gasteiger partial charge in [-0.15, -0.1) is 0 Å². The Morgan fingerprint density at radius 3 is 1.18 bits per heavy atom. The molecule has 0 aliphatic rings. The van der Waals surface area contributed by atoms with E-state index in [1.165, 1.54) is 41.5 Å². The van der Waals surface area contributed by atoms with Gasteiger partial charge in [0, 0.05) is 15.5 Å². The fourth-order valence-electron chi connectivity index (χ4n) is 2.03. The fourth-order valence-corrected chi connectivity index (χ4v) is 26.6. The first kappa shape index (κ1) is 23.0. The number of alkyl halides is 6. The third-order valence-corrected chi connectivity index (χ3v) is 28.6. The fraction of sp³-hybridized carbons (Fsp3) is 1.00. The molecule has 0 aliphatic carbocycles. The van der Waals surface area contributed by atoms with Crippen LogP contribution in [0.4, 0.5) is 26.3 Å². The second-order valence-corrected chi connectivity index (χ2v) is 24.6. The molecule has 0 saturated carbocycles. The first-order valence-electron chi connectivity index (χ1n) is 5.96. The lowest BCUT2D eigenvalue weighted by molar-refractivity contribution is -0.149. The average Bonchev–Trinajstić information content (AvgIpc) is 2.19. The van der Waals surface area contributed by atoms with E-state index in [2.05, 4.69) is 0 Å². The van der Waals surface area contributed by atoms with Crippen molar-refractivity contribution in [3.63, 3.8) is 0 Å². The monoisotopic (exact) mass is 456 g/mol. The van der Waals surface area contributed by atoms with Crippen LogP contribution in [0.25, 0.3) is 0 Å². The molecule has 0 amide bonds. The lowest BCUT2D eigenvalue weighted by Crippen LogP contribution is -2.29. The van der Waals surface area contributed by atoms with E-state index < -0.39 is 41.4 Å². The van der Waals surface area contributed by atoms with Crippen LogP contribution in [0.15, 0.2) is 0 Å². The first-order valence-corrected chi connectivity index (χ1v) is 14.1. The number of hydrogen-bond acceptors (Lipinski definition) is 2. The van der Waals surface area contributed by atoms with Crippen molar-refractivity contribution in [3.05, 3.63) is 0 Å². The van der Waals surface area contributed by atoms with E-state index >= 15 is 0 Å². The predicted molar refractivity (Wildman–Crippen MR) is 82.0 cm³/mol. The molecule has 1 unspecified atom stereocenters. The molecule has 2 nitrogen and oxygen atoms in total. The van der Waals surface area contributed by atoms with Crippen molar-refractivity contribution in [1.82, 2.24) is 0 Å². The molecule has 0 aromatic heterocycles. The Morgan fingerprint density at radius 1 is 0.818 bits per heavy atom. The standard InChI is InChI=1S/C10H18BrF6O2P3/c1-7(2,3)22(19,8(4,5)6)20(18)21(11,9(12,13)14)10(15,16)17/h1-6H3. The number of hydrogen-bond donors (Lipinski definition) is 0. The number of rotatable bonds is 1. The van der Waals surface area contributed by atoms with Crippen LogP contribution in [-0.4, -0.2) is 22.1 Å². The van der Waals surface area contributed by atoms with Crippen LogP contribution in [0.3, 0.4) is 0 Å². The summed E-state index contributed by atoms with van der Waals surface area (Å²) in [6, 6.07) is 0. The van der Waals surface area contributed by atoms with Crippen molar-refractivity contribution >= 4 is 34.7 Å². The Balaban J connectivity index is 7.23. The molecular formula is C10H18BrF6O2P3. The smallest absolute Gasteiger partial charge is 0.460 e. The van der Waals surface area contributed by atoms with E-state index in [1.54, 1.807) is 15.5 Å². The summed E-state index contributed by atoms with van der Waals surface area (Å²) >= 11 is 1.72. The molecule has 0 heterocycles. The van der Waals surface area contributed by atoms with E-state index in [9.17, 15) is 35.8 Å². The van der Waals surface area contributed by atoms with Gasteiger partial charge in [0.15, 0.2) is 0 Å². The van der Waals surface area contributed by atoms with Crippen LogP contribution < -0.4 is 4.89 Å². The first-order chi connectivity index (χ1) is 9.15. The van der Waals surface area contributed by atoms with E-state index in [0.717, 1.165) is 0 Å². The van der Waals surface area contributed by atoms with Crippen LogP contribution in [0.1, 0.15) is 41.5 Å². The van der Waals surface area contributed by atoms with Crippen LogP contribution in [0, 0.1) is 0 Å². The quantitative estimate of drug-likeness (QED) is 0.318. The van der Waals surface area contributed by atoms with Gasteiger partial charge in [-0.25, -0.2) is 0 Å². The zero-order valence-electron chi connectivity index (χ0n) is 12.8. The van der Waals surface area contributed by atoms with Crippen LogP contribution in [0.2, 0.25) is 0 Å². The second-order valence-electron chi connectivity index (χ2n) is 6.66. The lowest BCUT2D eigenvalue weighted by Gasteiger charge is -2.39. The van der Waals surface area contributed by atoms with Crippen molar-refractivity contribution < 1.29 is 35.8 Å². The zero-order chi connectivity index (χ0) is 18.6. The maximum Gasteiger partial charge on any atom is 0.460 e. The zero-order valence-corrected chi connectivity index (χ0v) is 17.1. The summed E-state index contributed by atoms with van der Waals surface area (Å²) < 4.78 is 92.0. The Kier molecular flexibility index (Phi) is 6.32. The summed E-state index contributed by atoms with van der Waals surface area (Å²) in [6.07, 6.45) is 0. The minimum absolute atomic E-state index is 1.25. The average molecular weight is 457 g/mol. The molecule has 0 rings (SSSR count). The van der Waals surface area contributed by atoms with Crippen molar-refractivity contribution in [2.24, 2.45) is 0 Å². The van der Waals surface area contributed by atoms with Gasteiger partial charge < -0.3 is 4.89 Å². The molecule has 134 valence electrons. The van der Waals surface area contributed by atoms with Crippen molar-refractivity contribution in [2.75, 3.05) is 0 Å². The summed E-state index contributed by atoms with van der Waals surface area (Å²) in [5.74, 6) is -11.6. The van der Waals surface area contributed by atoms with Gasteiger partial charge in [-0.1, -0.05) is 0 Å². The van der Waals surface area contributed by atoms with E-state index in [-0.39, 0.29) is 0 Å². The van der Waals surface area contributed by atoms with E-state index in [0.29, 0.717) is 0 Å². The molecule has 0 fully saturated rings. The Bertz CT molecular complexity index is 503. The topological polar surface area (TPSA) is 40.1 Å². The molecule has 0 aromatic carbocycles. The maximum atomic E-state index is 13.2. The van der Waals surface area contributed by atoms with Gasteiger partial charge in [0.1, 0.15) is 7.12 Å². The van der Waals surface area contributed by atoms with Gasteiger partial charge in [-0.05, 0) is 41.5 Å². The molecule has 0 aliphatic heterocycles. The normalized spacial score (nSPS) is 16.7. The lowest BCUT2D eigenvalue weighted by atomic mass is 10.2. The van der Waals surface area contributed by atoms with Gasteiger partial charge in [0.25, 0.3) is 6.83 Å². The van der Waals surface area contributed by atoms with Crippen molar-refractivity contribution in [1.29, 1.82) is 0 Å². The third-order valence-electron chi connectivity index (χ3n) is 2.97. The highest BCUT2D eigenvalue weighted by atomic mass is 79.9. The molecule has 0 N–H and O–H groups in total. The number of halogens is 7. The third kappa shape index (κ3) is 3.49.